The van der Waals surface area contributed by atoms with Gasteiger partial charge in [0.05, 0.1) is 22.5 Å². The highest BCUT2D eigenvalue weighted by Gasteiger charge is 2.34. The van der Waals surface area contributed by atoms with Crippen molar-refractivity contribution in [3.8, 4) is 22.4 Å². The molecule has 10 heteroatoms. The third-order valence-electron chi connectivity index (χ3n) is 7.22. The molecule has 1 aliphatic heterocycles. The van der Waals surface area contributed by atoms with E-state index in [-0.39, 0.29) is 17.2 Å². The van der Waals surface area contributed by atoms with Crippen molar-refractivity contribution in [2.75, 3.05) is 16.2 Å². The normalized spacial score (nSPS) is 13.8. The number of amides is 1. The number of aliphatic imine (C=N–C) groups is 1. The Morgan fingerprint density at radius 3 is 2.09 bits per heavy atom. The average molecular weight is 576 g/mol. The monoisotopic (exact) mass is 575 g/mol. The van der Waals surface area contributed by atoms with Crippen LogP contribution in [0.5, 0.6) is 0 Å². The molecular formula is C34H25N9O. The summed E-state index contributed by atoms with van der Waals surface area (Å²) < 4.78 is 1.18. The number of anilines is 2. The number of pyridine rings is 1. The largest absolute Gasteiger partial charge is 0.336 e. The van der Waals surface area contributed by atoms with Crippen molar-refractivity contribution in [3.63, 3.8) is 0 Å². The summed E-state index contributed by atoms with van der Waals surface area (Å²) in [7, 11) is 0. The predicted octanol–water partition coefficient (Wildman–Crippen LogP) is 5.18. The molecule has 0 radical (unpaired) electrons. The number of nitrogens with zero attached hydrogens (tertiary/aromatic N) is 6. The zero-order valence-corrected chi connectivity index (χ0v) is 23.3. The van der Waals surface area contributed by atoms with Crippen LogP contribution < -0.4 is 21.7 Å². The zero-order valence-electron chi connectivity index (χ0n) is 23.3. The summed E-state index contributed by atoms with van der Waals surface area (Å²) in [5.41, 5.74) is 8.82. The maximum absolute atomic E-state index is 13.7. The smallest absolute Gasteiger partial charge is 0.303 e. The molecule has 2 aromatic heterocycles. The maximum Gasteiger partial charge on any atom is 0.303 e. The molecule has 0 unspecified atom stereocenters. The lowest BCUT2D eigenvalue weighted by atomic mass is 10.00. The van der Waals surface area contributed by atoms with Crippen molar-refractivity contribution in [3.05, 3.63) is 139 Å². The van der Waals surface area contributed by atoms with Gasteiger partial charge in [-0.3, -0.25) is 20.5 Å². The number of carbonyl (C=O) groups excluding carboxylic acids is 1. The van der Waals surface area contributed by atoms with E-state index in [4.69, 9.17) is 16.2 Å². The minimum Gasteiger partial charge on any atom is -0.336 e. The second-order valence-corrected chi connectivity index (χ2v) is 10.0. The molecule has 0 fully saturated rings. The number of nitrogen functional groups attached to an aromatic ring is 1. The van der Waals surface area contributed by atoms with Crippen molar-refractivity contribution < 1.29 is 4.79 Å². The van der Waals surface area contributed by atoms with E-state index in [1.165, 1.54) is 11.0 Å². The Hall–Kier alpha value is -6.42. The lowest BCUT2D eigenvalue weighted by molar-refractivity contribution is -0.111. The number of hydrogen-bond acceptors (Lipinski definition) is 7. The fraction of sp³-hybridized carbons (Fsp3) is 0. The van der Waals surface area contributed by atoms with Gasteiger partial charge in [-0.25, -0.2) is 19.6 Å². The highest BCUT2D eigenvalue weighted by atomic mass is 16.2. The van der Waals surface area contributed by atoms with Crippen LogP contribution in [0.15, 0.2) is 138 Å². The minimum absolute atomic E-state index is 0.0508. The SMILES string of the molecule is N=c1c2c(-c3ccccc3)cc(-c3ccc(N4C(=O)/C(=N/Nc5ccccc5)N=C4c4ccccc4)cc3)nc2ncn1N. The number of rotatable bonds is 6. The van der Waals surface area contributed by atoms with Crippen LogP contribution in [-0.2, 0) is 4.79 Å². The summed E-state index contributed by atoms with van der Waals surface area (Å²) in [6.07, 6.45) is 1.38. The third kappa shape index (κ3) is 4.86. The molecule has 0 saturated carbocycles. The first-order valence-electron chi connectivity index (χ1n) is 13.8. The molecule has 1 aliphatic rings. The molecule has 0 atom stereocenters. The Bertz CT molecular complexity index is 2120. The molecule has 212 valence electrons. The molecule has 1 amide bonds. The van der Waals surface area contributed by atoms with E-state index < -0.39 is 0 Å². The summed E-state index contributed by atoms with van der Waals surface area (Å²) in [5.74, 6) is 6.15. The average Bonchev–Trinajstić information content (AvgIpc) is 3.42. The number of hydrogen-bond donors (Lipinski definition) is 3. The van der Waals surface area contributed by atoms with Crippen LogP contribution in [0.4, 0.5) is 11.4 Å². The van der Waals surface area contributed by atoms with Gasteiger partial charge < -0.3 is 5.84 Å². The van der Waals surface area contributed by atoms with Crippen LogP contribution in [0.1, 0.15) is 5.56 Å². The van der Waals surface area contributed by atoms with E-state index in [9.17, 15) is 4.79 Å². The van der Waals surface area contributed by atoms with Crippen molar-refractivity contribution in [1.29, 1.82) is 5.41 Å². The third-order valence-corrected chi connectivity index (χ3v) is 7.22. The van der Waals surface area contributed by atoms with Crippen LogP contribution in [0.25, 0.3) is 33.4 Å². The first kappa shape index (κ1) is 26.5. The van der Waals surface area contributed by atoms with Crippen LogP contribution >= 0.6 is 0 Å². The van der Waals surface area contributed by atoms with Crippen LogP contribution in [0.3, 0.4) is 0 Å². The number of amidine groups is 2. The van der Waals surface area contributed by atoms with Crippen molar-refractivity contribution in [2.24, 2.45) is 10.1 Å². The fourth-order valence-electron chi connectivity index (χ4n) is 5.05. The number of nitrogens with one attached hydrogen (secondary N) is 2. The van der Waals surface area contributed by atoms with Crippen LogP contribution in [0, 0.1) is 5.41 Å². The molecule has 0 saturated heterocycles. The second kappa shape index (κ2) is 11.1. The summed E-state index contributed by atoms with van der Waals surface area (Å²) in [6.45, 7) is 0. The lowest BCUT2D eigenvalue weighted by Crippen LogP contribution is -2.34. The summed E-state index contributed by atoms with van der Waals surface area (Å²) in [6, 6.07) is 38.2. The number of carbonyl (C=O) groups is 1. The van der Waals surface area contributed by atoms with Gasteiger partial charge in [-0.05, 0) is 41.5 Å². The van der Waals surface area contributed by atoms with Crippen LogP contribution in [0.2, 0.25) is 0 Å². The van der Waals surface area contributed by atoms with Gasteiger partial charge in [0.15, 0.2) is 11.1 Å². The van der Waals surface area contributed by atoms with Gasteiger partial charge >= 0.3 is 5.91 Å². The van der Waals surface area contributed by atoms with E-state index in [0.29, 0.717) is 28.3 Å². The van der Waals surface area contributed by atoms with Crippen LogP contribution in [-0.4, -0.2) is 32.2 Å². The van der Waals surface area contributed by atoms with E-state index in [1.807, 2.05) is 121 Å². The Kier molecular flexibility index (Phi) is 6.68. The number of nitrogens with two attached hydrogens (primary N) is 1. The lowest BCUT2D eigenvalue weighted by Gasteiger charge is -2.19. The zero-order chi connectivity index (χ0) is 30.0. The molecule has 4 N–H and O–H groups in total. The Morgan fingerprint density at radius 1 is 0.773 bits per heavy atom. The van der Waals surface area contributed by atoms with Gasteiger partial charge in [0.25, 0.3) is 0 Å². The topological polar surface area (TPSA) is 138 Å². The molecular weight excluding hydrogens is 550 g/mol. The van der Waals surface area contributed by atoms with E-state index in [2.05, 4.69) is 20.5 Å². The van der Waals surface area contributed by atoms with Gasteiger partial charge in [0.1, 0.15) is 12.2 Å². The number of benzene rings is 4. The molecule has 6 aromatic rings. The van der Waals surface area contributed by atoms with Gasteiger partial charge in [-0.15, -0.1) is 5.10 Å². The van der Waals surface area contributed by atoms with E-state index in [1.54, 1.807) is 4.90 Å². The first-order valence-corrected chi connectivity index (χ1v) is 13.8. The molecule has 7 rings (SSSR count). The maximum atomic E-state index is 13.7. The summed E-state index contributed by atoms with van der Waals surface area (Å²) in [4.78, 5) is 29.0. The van der Waals surface area contributed by atoms with Crippen molar-refractivity contribution in [1.82, 2.24) is 14.6 Å². The summed E-state index contributed by atoms with van der Waals surface area (Å²) in [5, 5.41) is 13.5. The summed E-state index contributed by atoms with van der Waals surface area (Å²) >= 11 is 0. The molecule has 10 nitrogen and oxygen atoms in total. The highest BCUT2D eigenvalue weighted by molar-refractivity contribution is 6.55. The first-order chi connectivity index (χ1) is 21.6. The standard InChI is InChI=1S/C34H25N9O/c35-30-29-27(22-10-4-1-5-11-22)20-28(38-31(29)37-21-42(30)36)23-16-18-26(19-17-23)43-33(24-12-6-2-7-13-24)39-32(34(43)44)41-40-25-14-8-3-9-15-25/h1-21,35,40H,36H2/b35-30?,41-32-. The van der Waals surface area contributed by atoms with E-state index in [0.717, 1.165) is 27.9 Å². The number of para-hydroxylation sites is 1. The van der Waals surface area contributed by atoms with Gasteiger partial charge in [0.2, 0.25) is 5.84 Å². The molecule has 4 aromatic carbocycles. The molecule has 44 heavy (non-hydrogen) atoms. The molecule has 0 aliphatic carbocycles. The second-order valence-electron chi connectivity index (χ2n) is 10.0. The van der Waals surface area contributed by atoms with Crippen molar-refractivity contribution >= 4 is 40.0 Å². The number of aromatic nitrogens is 3. The van der Waals surface area contributed by atoms with Crippen molar-refractivity contribution in [2.45, 2.75) is 0 Å². The quantitative estimate of drug-likeness (QED) is 0.186. The Labute approximate surface area is 252 Å². The van der Waals surface area contributed by atoms with Gasteiger partial charge in [0, 0.05) is 11.1 Å². The molecule has 0 spiro atoms. The number of fused-ring (bicyclic) bond motifs is 1. The predicted molar refractivity (Wildman–Crippen MR) is 172 cm³/mol. The fourth-order valence-corrected chi connectivity index (χ4v) is 5.05. The molecule has 0 bridgehead atoms. The highest BCUT2D eigenvalue weighted by Crippen LogP contribution is 2.31. The number of hydrazone groups is 1. The minimum atomic E-state index is -0.350. The van der Waals surface area contributed by atoms with Gasteiger partial charge in [-0.2, -0.15) is 0 Å². The van der Waals surface area contributed by atoms with Gasteiger partial charge in [-0.1, -0.05) is 91.0 Å². The van der Waals surface area contributed by atoms with E-state index >= 15 is 0 Å². The Balaban J connectivity index is 1.28. The molecule has 3 heterocycles. The Morgan fingerprint density at radius 2 is 1.41 bits per heavy atom.